The topological polar surface area (TPSA) is 49.3 Å². The van der Waals surface area contributed by atoms with Gasteiger partial charge in [0.15, 0.2) is 0 Å². The summed E-state index contributed by atoms with van der Waals surface area (Å²) in [5, 5.41) is 0. The molecule has 0 radical (unpaired) electrons. The van der Waals surface area contributed by atoms with Gasteiger partial charge in [-0.1, -0.05) is 0 Å². The smallest absolute Gasteiger partial charge is 0.306 e. The molecule has 4 heteroatoms. The summed E-state index contributed by atoms with van der Waals surface area (Å²) in [5.41, 5.74) is 8.31. The van der Waals surface area contributed by atoms with E-state index in [-0.39, 0.29) is 0 Å². The lowest BCUT2D eigenvalue weighted by atomic mass is 10.4. The van der Waals surface area contributed by atoms with E-state index in [2.05, 4.69) is 9.77 Å². The van der Waals surface area contributed by atoms with Crippen molar-refractivity contribution >= 4 is 6.21 Å². The van der Waals surface area contributed by atoms with E-state index in [1.807, 2.05) is 0 Å². The average molecular weight is 137 g/mol. The van der Waals surface area contributed by atoms with Crippen LogP contribution in [0.3, 0.4) is 0 Å². The van der Waals surface area contributed by atoms with Gasteiger partial charge in [-0.2, -0.15) is 4.79 Å². The molecule has 10 heavy (non-hydrogen) atoms. The normalized spacial score (nSPS) is 8.50. The molecule has 1 rings (SSSR count). The number of hydrogen-bond acceptors (Lipinski definition) is 1. The lowest BCUT2D eigenvalue weighted by molar-refractivity contribution is 0.00424. The van der Waals surface area contributed by atoms with Crippen LogP contribution in [-0.2, 0) is 0 Å². The molecule has 0 aliphatic heterocycles. The summed E-state index contributed by atoms with van der Waals surface area (Å²) < 4.78 is 12.3. The molecule has 0 spiro atoms. The molecule has 0 unspecified atom stereocenters. The Kier molecular flexibility index (Phi) is 1.87. The molecule has 0 saturated heterocycles. The first-order valence-electron chi connectivity index (χ1n) is 2.62. The average Bonchev–Trinajstić information content (AvgIpc) is 1.88. The Morgan fingerprint density at radius 3 is 3.10 bits per heavy atom. The molecule has 0 aliphatic carbocycles. The summed E-state index contributed by atoms with van der Waals surface area (Å²) >= 11 is 0. The van der Waals surface area contributed by atoms with E-state index in [0.29, 0.717) is 5.69 Å². The van der Waals surface area contributed by atoms with Crippen LogP contribution in [0.1, 0.15) is 5.69 Å². The minimum absolute atomic E-state index is 0.294. The van der Waals surface area contributed by atoms with Crippen LogP contribution in [-0.4, -0.2) is 16.0 Å². The predicted molar refractivity (Wildman–Crippen MR) is 33.0 cm³/mol. The molecule has 0 saturated carbocycles. The van der Waals surface area contributed by atoms with Crippen molar-refractivity contribution in [1.82, 2.24) is 4.98 Å². The number of pyridine rings is 1. The van der Waals surface area contributed by atoms with Crippen LogP contribution in [0, 0.1) is 5.82 Å². The molecule has 1 heterocycles. The molecule has 0 aromatic carbocycles. The van der Waals surface area contributed by atoms with Crippen LogP contribution < -0.4 is 0 Å². The second kappa shape index (κ2) is 2.85. The third-order valence-corrected chi connectivity index (χ3v) is 0.933. The molecule has 0 bridgehead atoms. The molecule has 3 nitrogen and oxygen atoms in total. The van der Waals surface area contributed by atoms with Gasteiger partial charge >= 0.3 is 6.21 Å². The second-order valence-corrected chi connectivity index (χ2v) is 1.64. The van der Waals surface area contributed by atoms with Crippen LogP contribution >= 0.6 is 0 Å². The van der Waals surface area contributed by atoms with E-state index in [4.69, 9.17) is 5.53 Å². The second-order valence-electron chi connectivity index (χ2n) is 1.64. The van der Waals surface area contributed by atoms with E-state index in [1.165, 1.54) is 18.3 Å². The Morgan fingerprint density at radius 1 is 1.70 bits per heavy atom. The molecule has 0 atom stereocenters. The first kappa shape index (κ1) is 6.58. The summed E-state index contributed by atoms with van der Waals surface area (Å²) in [5.74, 6) is -0.398. The number of hydrogen-bond donors (Lipinski definition) is 0. The van der Waals surface area contributed by atoms with Gasteiger partial charge in [-0.15, -0.1) is 0 Å². The Hall–Kier alpha value is -1.54. The third kappa shape index (κ3) is 1.47. The Labute approximate surface area is 56.8 Å². The van der Waals surface area contributed by atoms with E-state index in [0.717, 1.165) is 6.21 Å². The minimum Gasteiger partial charge on any atom is -0.361 e. The highest BCUT2D eigenvalue weighted by molar-refractivity contribution is 5.71. The molecule has 0 aliphatic rings. The van der Waals surface area contributed by atoms with Crippen molar-refractivity contribution < 1.29 is 9.18 Å². The summed E-state index contributed by atoms with van der Waals surface area (Å²) in [4.78, 5) is 6.37. The lowest BCUT2D eigenvalue weighted by Crippen LogP contribution is -1.87. The van der Waals surface area contributed by atoms with Crippen LogP contribution in [0.4, 0.5) is 4.39 Å². The first-order chi connectivity index (χ1) is 4.83. The van der Waals surface area contributed by atoms with E-state index in [1.54, 1.807) is 0 Å². The van der Waals surface area contributed by atoms with Gasteiger partial charge in [0, 0.05) is 12.3 Å². The van der Waals surface area contributed by atoms with Crippen molar-refractivity contribution in [2.45, 2.75) is 0 Å². The largest absolute Gasteiger partial charge is 0.361 e. The zero-order valence-corrected chi connectivity index (χ0v) is 5.03. The van der Waals surface area contributed by atoms with Crippen molar-refractivity contribution in [3.8, 4) is 0 Å². The molecular weight excluding hydrogens is 133 g/mol. The molecule has 0 amide bonds. The van der Waals surface area contributed by atoms with E-state index < -0.39 is 5.82 Å². The highest BCUT2D eigenvalue weighted by Gasteiger charge is 1.94. The summed E-state index contributed by atoms with van der Waals surface area (Å²) in [6.45, 7) is 0. The number of rotatable bonds is 1. The van der Waals surface area contributed by atoms with Gasteiger partial charge in [0.1, 0.15) is 11.5 Å². The fraction of sp³-hybridized carbons (Fsp3) is 0. The monoisotopic (exact) mass is 137 g/mol. The van der Waals surface area contributed by atoms with Gasteiger partial charge in [-0.05, 0) is 6.07 Å². The van der Waals surface area contributed by atoms with Crippen LogP contribution in [0.25, 0.3) is 5.53 Å². The number of nitrogens with zero attached hydrogens (tertiary/aromatic N) is 3. The fourth-order valence-corrected chi connectivity index (χ4v) is 0.551. The predicted octanol–water partition coefficient (Wildman–Crippen LogP) is 0.869. The highest BCUT2D eigenvalue weighted by Crippen LogP contribution is 1.94. The summed E-state index contributed by atoms with van der Waals surface area (Å²) in [6.07, 6.45) is 2.36. The van der Waals surface area contributed by atoms with Crippen molar-refractivity contribution in [3.05, 3.63) is 35.4 Å². The Morgan fingerprint density at radius 2 is 2.50 bits per heavy atom. The first-order valence-corrected chi connectivity index (χ1v) is 2.62. The molecule has 1 aromatic rings. The van der Waals surface area contributed by atoms with Gasteiger partial charge in [0.2, 0.25) is 0 Å². The number of halogens is 1. The van der Waals surface area contributed by atoms with E-state index >= 15 is 0 Å². The number of aromatic nitrogens is 1. The molecule has 0 N–H and O–H groups in total. The van der Waals surface area contributed by atoms with Gasteiger partial charge in [0.05, 0.1) is 0 Å². The zero-order chi connectivity index (χ0) is 7.40. The van der Waals surface area contributed by atoms with Crippen LogP contribution in [0.15, 0.2) is 18.3 Å². The van der Waals surface area contributed by atoms with Crippen molar-refractivity contribution in [3.63, 3.8) is 0 Å². The minimum atomic E-state index is -0.398. The highest BCUT2D eigenvalue weighted by atomic mass is 19.1. The third-order valence-electron chi connectivity index (χ3n) is 0.933. The van der Waals surface area contributed by atoms with E-state index in [9.17, 15) is 4.39 Å². The summed E-state index contributed by atoms with van der Waals surface area (Å²) in [7, 11) is 0. The van der Waals surface area contributed by atoms with Crippen LogP contribution in [0.2, 0.25) is 0 Å². The van der Waals surface area contributed by atoms with Crippen molar-refractivity contribution in [2.24, 2.45) is 0 Å². The molecular formula is C6H4FN3. The maximum atomic E-state index is 12.3. The Bertz CT molecular complexity index is 278. The van der Waals surface area contributed by atoms with Crippen molar-refractivity contribution in [1.29, 1.82) is 0 Å². The zero-order valence-electron chi connectivity index (χ0n) is 5.03. The molecule has 0 fully saturated rings. The van der Waals surface area contributed by atoms with Crippen molar-refractivity contribution in [2.75, 3.05) is 0 Å². The quantitative estimate of drug-likeness (QED) is 0.322. The summed E-state index contributed by atoms with van der Waals surface area (Å²) in [6, 6.07) is 2.38. The molecule has 50 valence electrons. The maximum absolute atomic E-state index is 12.3. The SMILES string of the molecule is [N-]=[N+]=Cc1cc(F)ccn1. The van der Waals surface area contributed by atoms with Gasteiger partial charge in [-0.3, -0.25) is 0 Å². The standard InChI is InChI=1S/C6H4FN3/c7-5-1-2-9-6(3-5)4-10-8/h1-4H. The fourth-order valence-electron chi connectivity index (χ4n) is 0.551. The Balaban J connectivity index is 3.06. The molecule has 1 aromatic heterocycles. The van der Waals surface area contributed by atoms with Crippen LogP contribution in [0.5, 0.6) is 0 Å². The van der Waals surface area contributed by atoms with Gasteiger partial charge in [0.25, 0.3) is 0 Å². The lowest BCUT2D eigenvalue weighted by Gasteiger charge is -1.84. The van der Waals surface area contributed by atoms with Gasteiger partial charge in [-0.25, -0.2) is 9.37 Å². The van der Waals surface area contributed by atoms with Gasteiger partial charge < -0.3 is 5.53 Å². The maximum Gasteiger partial charge on any atom is 0.306 e.